The lowest BCUT2D eigenvalue weighted by Crippen LogP contribution is -2.48. The molecule has 1 aromatic heterocycles. The van der Waals surface area contributed by atoms with E-state index < -0.39 is 20.0 Å². The maximum atomic E-state index is 12.3. The summed E-state index contributed by atoms with van der Waals surface area (Å²) in [5, 5.41) is 6.96. The average Bonchev–Trinajstić information content (AvgIpc) is 3.13. The van der Waals surface area contributed by atoms with Crippen molar-refractivity contribution in [2.75, 3.05) is 36.2 Å². The van der Waals surface area contributed by atoms with E-state index in [1.165, 1.54) is 29.8 Å². The van der Waals surface area contributed by atoms with E-state index in [0.717, 1.165) is 44.2 Å². The average molecular weight is 569 g/mol. The molecule has 1 aromatic carbocycles. The molecular formula is C24H33ClN6O4S2. The van der Waals surface area contributed by atoms with Crippen LogP contribution in [0.15, 0.2) is 24.4 Å². The Labute approximate surface area is 223 Å². The van der Waals surface area contributed by atoms with Crippen LogP contribution in [0.25, 0.3) is 0 Å². The van der Waals surface area contributed by atoms with E-state index in [1.54, 1.807) is 4.31 Å². The van der Waals surface area contributed by atoms with E-state index in [1.807, 2.05) is 6.07 Å². The number of hydrogen-bond donors (Lipinski definition) is 3. The summed E-state index contributed by atoms with van der Waals surface area (Å²) < 4.78 is 52.5. The molecule has 6 rings (SSSR count). The van der Waals surface area contributed by atoms with Crippen molar-refractivity contribution >= 4 is 49.1 Å². The minimum atomic E-state index is -3.34. The smallest absolute Gasteiger partial charge is 0.229 e. The highest BCUT2D eigenvalue weighted by Crippen LogP contribution is 2.44. The molecule has 3 heterocycles. The van der Waals surface area contributed by atoms with Crippen LogP contribution in [0.5, 0.6) is 0 Å². The third kappa shape index (κ3) is 6.19. The molecule has 2 bridgehead atoms. The van der Waals surface area contributed by atoms with Crippen LogP contribution >= 0.6 is 11.6 Å². The first kappa shape index (κ1) is 26.6. The maximum Gasteiger partial charge on any atom is 0.229 e. The summed E-state index contributed by atoms with van der Waals surface area (Å²) in [4.78, 5) is 8.92. The Hall–Kier alpha value is -1.99. The van der Waals surface area contributed by atoms with Crippen molar-refractivity contribution in [2.24, 2.45) is 0 Å². The van der Waals surface area contributed by atoms with Crippen LogP contribution in [-0.2, 0) is 20.0 Å². The number of benzene rings is 1. The van der Waals surface area contributed by atoms with Crippen molar-refractivity contribution in [3.05, 3.63) is 40.5 Å². The van der Waals surface area contributed by atoms with Crippen LogP contribution in [0.4, 0.5) is 17.5 Å². The van der Waals surface area contributed by atoms with Crippen LogP contribution in [-0.4, -0.2) is 68.8 Å². The molecule has 3 N–H and O–H groups in total. The fourth-order valence-corrected chi connectivity index (χ4v) is 7.74. The quantitative estimate of drug-likeness (QED) is 0.463. The van der Waals surface area contributed by atoms with E-state index in [2.05, 4.69) is 37.5 Å². The van der Waals surface area contributed by atoms with Gasteiger partial charge in [0, 0.05) is 30.9 Å². The summed E-state index contributed by atoms with van der Waals surface area (Å²) in [7, 11) is -6.58. The molecule has 37 heavy (non-hydrogen) atoms. The monoisotopic (exact) mass is 568 g/mol. The minimum absolute atomic E-state index is 0.135. The summed E-state index contributed by atoms with van der Waals surface area (Å²) in [5.74, 6) is 1.17. The van der Waals surface area contributed by atoms with Gasteiger partial charge in [0.25, 0.3) is 0 Å². The zero-order valence-corrected chi connectivity index (χ0v) is 23.3. The zero-order chi connectivity index (χ0) is 26.4. The number of aromatic nitrogens is 2. The Bertz CT molecular complexity index is 1390. The topological polar surface area (TPSA) is 133 Å². The predicted molar refractivity (Wildman–Crippen MR) is 146 cm³/mol. The number of fused-ring (bicyclic) bond motifs is 3. The van der Waals surface area contributed by atoms with E-state index >= 15 is 0 Å². The first-order chi connectivity index (χ1) is 17.5. The Kier molecular flexibility index (Phi) is 7.40. The van der Waals surface area contributed by atoms with E-state index in [9.17, 15) is 16.8 Å². The van der Waals surface area contributed by atoms with Gasteiger partial charge in [0.2, 0.25) is 26.0 Å². The number of anilines is 3. The lowest BCUT2D eigenvalue weighted by Gasteiger charge is -2.32. The summed E-state index contributed by atoms with van der Waals surface area (Å²) >= 11 is 6.40. The van der Waals surface area contributed by atoms with Gasteiger partial charge in [-0.3, -0.25) is 0 Å². The SMILES string of the molecule is CS(=O)(=O)N[C@@H]1CCCC[C@H]1Nc1nc(Nc2ccc3c(c2)C2CCC3CN(S(C)(=O)=O)C2)ncc1Cl. The van der Waals surface area contributed by atoms with Gasteiger partial charge in [-0.05, 0) is 60.8 Å². The Morgan fingerprint density at radius 3 is 2.30 bits per heavy atom. The van der Waals surface area contributed by atoms with Crippen LogP contribution in [0.2, 0.25) is 5.02 Å². The molecule has 2 unspecified atom stereocenters. The Balaban J connectivity index is 1.35. The van der Waals surface area contributed by atoms with E-state index in [4.69, 9.17) is 11.6 Å². The molecule has 4 aliphatic rings. The fourth-order valence-electron chi connectivity index (χ4n) is 5.86. The van der Waals surface area contributed by atoms with Gasteiger partial charge >= 0.3 is 0 Å². The second-order valence-corrected chi connectivity index (χ2v) is 14.6. The lowest BCUT2D eigenvalue weighted by atomic mass is 9.78. The van der Waals surface area contributed by atoms with Gasteiger partial charge in [-0.1, -0.05) is 30.5 Å². The van der Waals surface area contributed by atoms with Crippen LogP contribution in [0, 0.1) is 0 Å². The summed E-state index contributed by atoms with van der Waals surface area (Å²) in [6, 6.07) is 5.76. The molecule has 2 aliphatic carbocycles. The van der Waals surface area contributed by atoms with Gasteiger partial charge in [-0.25, -0.2) is 30.8 Å². The van der Waals surface area contributed by atoms with Crippen LogP contribution in [0.3, 0.4) is 0 Å². The summed E-state index contributed by atoms with van der Waals surface area (Å²) in [6.07, 6.45) is 9.41. The molecule has 1 saturated heterocycles. The number of sulfonamides is 2. The minimum Gasteiger partial charge on any atom is -0.364 e. The maximum absolute atomic E-state index is 12.3. The number of nitrogens with zero attached hydrogens (tertiary/aromatic N) is 3. The van der Waals surface area contributed by atoms with Crippen molar-refractivity contribution in [1.29, 1.82) is 0 Å². The highest BCUT2D eigenvalue weighted by Gasteiger charge is 2.37. The largest absolute Gasteiger partial charge is 0.364 e. The van der Waals surface area contributed by atoms with Crippen LogP contribution < -0.4 is 15.4 Å². The van der Waals surface area contributed by atoms with Gasteiger partial charge in [-0.15, -0.1) is 0 Å². The second kappa shape index (κ2) is 10.3. The predicted octanol–water partition coefficient (Wildman–Crippen LogP) is 3.38. The molecule has 2 aromatic rings. The Morgan fingerprint density at radius 1 is 0.946 bits per heavy atom. The Morgan fingerprint density at radius 2 is 1.62 bits per heavy atom. The standard InChI is InChI=1S/C24H33ClN6O4S2/c1-36(32,33)30-22-6-4-3-5-21(22)28-23-20(25)12-26-24(29-23)27-17-9-10-18-15-7-8-16(19(18)11-17)14-31(13-15)37(2,34)35/h9-12,15-16,21-22,30H,3-8,13-14H2,1-2H3,(H2,26,27,28,29)/t15?,16?,21-,22-/m1/s1. The highest BCUT2D eigenvalue weighted by molar-refractivity contribution is 7.88. The number of rotatable bonds is 7. The third-order valence-corrected chi connectivity index (χ3v) is 9.84. The molecule has 0 amide bonds. The van der Waals surface area contributed by atoms with Gasteiger partial charge in [0.15, 0.2) is 5.82 Å². The number of hydrogen-bond acceptors (Lipinski definition) is 8. The van der Waals surface area contributed by atoms with E-state index in [0.29, 0.717) is 29.9 Å². The molecule has 1 saturated carbocycles. The highest BCUT2D eigenvalue weighted by atomic mass is 35.5. The molecule has 0 spiro atoms. The number of nitrogens with one attached hydrogen (secondary N) is 3. The van der Waals surface area contributed by atoms with Gasteiger partial charge in [-0.2, -0.15) is 4.98 Å². The summed E-state index contributed by atoms with van der Waals surface area (Å²) in [5.41, 5.74) is 3.21. The molecule has 13 heteroatoms. The van der Waals surface area contributed by atoms with Crippen molar-refractivity contribution in [2.45, 2.75) is 62.4 Å². The molecule has 2 aliphatic heterocycles. The van der Waals surface area contributed by atoms with Crippen molar-refractivity contribution in [3.63, 3.8) is 0 Å². The normalized spacial score (nSPS) is 26.4. The fraction of sp³-hybridized carbons (Fsp3) is 0.583. The van der Waals surface area contributed by atoms with Gasteiger partial charge < -0.3 is 10.6 Å². The first-order valence-corrected chi connectivity index (χ1v) is 16.7. The molecule has 4 atom stereocenters. The molecule has 202 valence electrons. The van der Waals surface area contributed by atoms with E-state index in [-0.39, 0.29) is 23.9 Å². The van der Waals surface area contributed by atoms with Gasteiger partial charge in [0.1, 0.15) is 5.02 Å². The zero-order valence-electron chi connectivity index (χ0n) is 20.9. The molecule has 0 radical (unpaired) electrons. The number of halogens is 1. The third-order valence-electron chi connectivity index (χ3n) is 7.60. The van der Waals surface area contributed by atoms with Crippen molar-refractivity contribution in [1.82, 2.24) is 19.0 Å². The second-order valence-electron chi connectivity index (χ2n) is 10.4. The van der Waals surface area contributed by atoms with Crippen molar-refractivity contribution < 1.29 is 16.8 Å². The molecule has 10 nitrogen and oxygen atoms in total. The first-order valence-electron chi connectivity index (χ1n) is 12.6. The van der Waals surface area contributed by atoms with Crippen molar-refractivity contribution in [3.8, 4) is 0 Å². The lowest BCUT2D eigenvalue weighted by molar-refractivity contribution is 0.379. The molecule has 2 fully saturated rings. The van der Waals surface area contributed by atoms with Gasteiger partial charge in [0.05, 0.1) is 18.7 Å². The molecular weight excluding hydrogens is 536 g/mol. The summed E-state index contributed by atoms with van der Waals surface area (Å²) in [6.45, 7) is 1.03. The van der Waals surface area contributed by atoms with Crippen LogP contribution in [0.1, 0.15) is 61.5 Å².